The predicted octanol–water partition coefficient (Wildman–Crippen LogP) is 1.14. The second-order valence-electron chi connectivity index (χ2n) is 4.56. The molecule has 0 unspecified atom stereocenters. The first-order chi connectivity index (χ1) is 9.80. The van der Waals surface area contributed by atoms with Crippen LogP contribution in [0.3, 0.4) is 0 Å². The van der Waals surface area contributed by atoms with E-state index in [9.17, 15) is 5.11 Å². The molecular weight excluding hydrogens is 254 g/mol. The van der Waals surface area contributed by atoms with Crippen LogP contribution < -0.4 is 10.6 Å². The first-order valence-electron chi connectivity index (χ1n) is 6.73. The molecule has 2 rings (SSSR count). The Morgan fingerprint density at radius 3 is 2.80 bits per heavy atom. The van der Waals surface area contributed by atoms with Crippen LogP contribution >= 0.6 is 0 Å². The van der Waals surface area contributed by atoms with Crippen LogP contribution in [0.15, 0.2) is 30.3 Å². The number of hydrogen-bond donors (Lipinski definition) is 2. The van der Waals surface area contributed by atoms with Crippen molar-refractivity contribution in [1.82, 2.24) is 4.98 Å². The Hall–Kier alpha value is -1.69. The molecule has 0 aliphatic carbocycles. The Labute approximate surface area is 119 Å². The molecule has 5 nitrogen and oxygen atoms in total. The monoisotopic (exact) mass is 275 g/mol. The third-order valence-electron chi connectivity index (χ3n) is 3.27. The van der Waals surface area contributed by atoms with Gasteiger partial charge in [-0.2, -0.15) is 0 Å². The number of ether oxygens (including phenoxy) is 1. The molecule has 3 N–H and O–H groups in total. The number of hydrogen-bond acceptors (Lipinski definition) is 5. The summed E-state index contributed by atoms with van der Waals surface area (Å²) in [6.07, 6.45) is 0. The van der Waals surface area contributed by atoms with E-state index in [0.717, 1.165) is 22.3 Å². The van der Waals surface area contributed by atoms with Crippen LogP contribution in [-0.2, 0) is 11.3 Å². The van der Waals surface area contributed by atoms with E-state index in [2.05, 4.69) is 4.98 Å². The molecule has 108 valence electrons. The van der Waals surface area contributed by atoms with Gasteiger partial charge in [-0.05, 0) is 17.7 Å². The molecule has 0 saturated carbocycles. The van der Waals surface area contributed by atoms with Crippen molar-refractivity contribution in [3.05, 3.63) is 35.9 Å². The molecule has 20 heavy (non-hydrogen) atoms. The maximum absolute atomic E-state index is 9.20. The maximum Gasteiger partial charge on any atom is 0.129 e. The van der Waals surface area contributed by atoms with Gasteiger partial charge >= 0.3 is 0 Å². The molecule has 0 amide bonds. The van der Waals surface area contributed by atoms with E-state index < -0.39 is 0 Å². The van der Waals surface area contributed by atoms with Crippen LogP contribution in [0.1, 0.15) is 5.56 Å². The summed E-state index contributed by atoms with van der Waals surface area (Å²) in [6.45, 7) is 2.35. The van der Waals surface area contributed by atoms with Crippen LogP contribution in [0.4, 0.5) is 5.82 Å². The molecule has 0 fully saturated rings. The SMILES string of the molecule is COCCN(CCO)c1cc(CN)c2ccccc2n1. The van der Waals surface area contributed by atoms with Crippen LogP contribution in [0, 0.1) is 0 Å². The van der Waals surface area contributed by atoms with Gasteiger partial charge in [-0.1, -0.05) is 18.2 Å². The fourth-order valence-corrected chi connectivity index (χ4v) is 2.23. The number of rotatable bonds is 7. The minimum Gasteiger partial charge on any atom is -0.395 e. The number of benzene rings is 1. The van der Waals surface area contributed by atoms with Crippen molar-refractivity contribution >= 4 is 16.7 Å². The third-order valence-corrected chi connectivity index (χ3v) is 3.27. The fourth-order valence-electron chi connectivity index (χ4n) is 2.23. The normalized spacial score (nSPS) is 10.9. The Bertz CT molecular complexity index is 560. The first kappa shape index (κ1) is 14.7. The van der Waals surface area contributed by atoms with E-state index in [1.807, 2.05) is 35.2 Å². The summed E-state index contributed by atoms with van der Waals surface area (Å²) in [6, 6.07) is 9.95. The summed E-state index contributed by atoms with van der Waals surface area (Å²) < 4.78 is 5.11. The zero-order valence-corrected chi connectivity index (χ0v) is 11.7. The highest BCUT2D eigenvalue weighted by molar-refractivity contribution is 5.84. The molecule has 0 bridgehead atoms. The first-order valence-corrected chi connectivity index (χ1v) is 6.73. The summed E-state index contributed by atoms with van der Waals surface area (Å²) in [7, 11) is 1.66. The van der Waals surface area contributed by atoms with Gasteiger partial charge in [0.05, 0.1) is 18.7 Å². The summed E-state index contributed by atoms with van der Waals surface area (Å²) in [4.78, 5) is 6.67. The number of anilines is 1. The molecule has 1 aromatic carbocycles. The molecule has 0 aliphatic heterocycles. The number of nitrogens with zero attached hydrogens (tertiary/aromatic N) is 2. The average molecular weight is 275 g/mol. The van der Waals surface area contributed by atoms with E-state index in [1.165, 1.54) is 0 Å². The van der Waals surface area contributed by atoms with Crippen molar-refractivity contribution in [2.24, 2.45) is 5.73 Å². The summed E-state index contributed by atoms with van der Waals surface area (Å²) in [5, 5.41) is 10.3. The second-order valence-corrected chi connectivity index (χ2v) is 4.56. The van der Waals surface area contributed by atoms with Crippen molar-refractivity contribution in [1.29, 1.82) is 0 Å². The van der Waals surface area contributed by atoms with Crippen LogP contribution in [0.25, 0.3) is 10.9 Å². The molecule has 0 atom stereocenters. The largest absolute Gasteiger partial charge is 0.395 e. The molecular formula is C15H21N3O2. The lowest BCUT2D eigenvalue weighted by molar-refractivity contribution is 0.202. The third kappa shape index (κ3) is 3.25. The molecule has 5 heteroatoms. The smallest absolute Gasteiger partial charge is 0.129 e. The zero-order valence-electron chi connectivity index (χ0n) is 11.7. The summed E-state index contributed by atoms with van der Waals surface area (Å²) >= 11 is 0. The number of pyridine rings is 1. The lowest BCUT2D eigenvalue weighted by Gasteiger charge is -2.23. The Kier molecular flexibility index (Phi) is 5.29. The highest BCUT2D eigenvalue weighted by Crippen LogP contribution is 2.22. The number of methoxy groups -OCH3 is 1. The van der Waals surface area contributed by atoms with Crippen LogP contribution in [0.5, 0.6) is 0 Å². The molecule has 0 aliphatic rings. The van der Waals surface area contributed by atoms with E-state index in [4.69, 9.17) is 10.5 Å². The average Bonchev–Trinajstić information content (AvgIpc) is 2.50. The van der Waals surface area contributed by atoms with Crippen molar-refractivity contribution in [2.75, 3.05) is 38.3 Å². The second kappa shape index (κ2) is 7.19. The number of aromatic nitrogens is 1. The number of aliphatic hydroxyl groups excluding tert-OH is 1. The Morgan fingerprint density at radius 1 is 1.30 bits per heavy atom. The van der Waals surface area contributed by atoms with E-state index in [1.54, 1.807) is 7.11 Å². The standard InChI is InChI=1S/C15H21N3O2/c1-20-9-7-18(6-8-19)15-10-12(11-16)13-4-2-3-5-14(13)17-15/h2-5,10,19H,6-9,11,16H2,1H3. The van der Waals surface area contributed by atoms with Crippen molar-refractivity contribution < 1.29 is 9.84 Å². The highest BCUT2D eigenvalue weighted by atomic mass is 16.5. The number of aliphatic hydroxyl groups is 1. The lowest BCUT2D eigenvalue weighted by atomic mass is 10.1. The molecule has 0 spiro atoms. The van der Waals surface area contributed by atoms with Crippen molar-refractivity contribution in [3.63, 3.8) is 0 Å². The zero-order chi connectivity index (χ0) is 14.4. The van der Waals surface area contributed by atoms with E-state index >= 15 is 0 Å². The highest BCUT2D eigenvalue weighted by Gasteiger charge is 2.11. The van der Waals surface area contributed by atoms with Gasteiger partial charge < -0.3 is 20.5 Å². The summed E-state index contributed by atoms with van der Waals surface area (Å²) in [5.74, 6) is 0.829. The van der Waals surface area contributed by atoms with Gasteiger partial charge in [-0.25, -0.2) is 4.98 Å². The Balaban J connectivity index is 2.40. The van der Waals surface area contributed by atoms with Gasteiger partial charge in [-0.3, -0.25) is 0 Å². The lowest BCUT2D eigenvalue weighted by Crippen LogP contribution is -2.31. The fraction of sp³-hybridized carbons (Fsp3) is 0.400. The molecule has 1 heterocycles. The van der Waals surface area contributed by atoms with E-state index in [-0.39, 0.29) is 6.61 Å². The molecule has 0 radical (unpaired) electrons. The number of para-hydroxylation sites is 1. The van der Waals surface area contributed by atoms with Gasteiger partial charge in [0, 0.05) is 32.1 Å². The maximum atomic E-state index is 9.20. The number of fused-ring (bicyclic) bond motifs is 1. The minimum absolute atomic E-state index is 0.0795. The van der Waals surface area contributed by atoms with Crippen molar-refractivity contribution in [2.45, 2.75) is 6.54 Å². The number of nitrogens with two attached hydrogens (primary N) is 1. The van der Waals surface area contributed by atoms with Crippen LogP contribution in [-0.4, -0.2) is 43.5 Å². The molecule has 0 saturated heterocycles. The Morgan fingerprint density at radius 2 is 2.10 bits per heavy atom. The quantitative estimate of drug-likeness (QED) is 0.793. The van der Waals surface area contributed by atoms with Crippen LogP contribution in [0.2, 0.25) is 0 Å². The summed E-state index contributed by atoms with van der Waals surface area (Å²) in [5.41, 5.74) is 7.82. The predicted molar refractivity (Wildman–Crippen MR) is 80.8 cm³/mol. The van der Waals surface area contributed by atoms with Gasteiger partial charge in [0.15, 0.2) is 0 Å². The van der Waals surface area contributed by atoms with Gasteiger partial charge in [-0.15, -0.1) is 0 Å². The van der Waals surface area contributed by atoms with Gasteiger partial charge in [0.25, 0.3) is 0 Å². The van der Waals surface area contributed by atoms with Gasteiger partial charge in [0.1, 0.15) is 5.82 Å². The van der Waals surface area contributed by atoms with E-state index in [0.29, 0.717) is 26.2 Å². The topological polar surface area (TPSA) is 71.6 Å². The van der Waals surface area contributed by atoms with Crippen molar-refractivity contribution in [3.8, 4) is 0 Å². The molecule has 1 aromatic heterocycles. The minimum atomic E-state index is 0.0795. The molecule has 2 aromatic rings. The van der Waals surface area contributed by atoms with Gasteiger partial charge in [0.2, 0.25) is 0 Å².